The van der Waals surface area contributed by atoms with Crippen molar-refractivity contribution in [3.8, 4) is 0 Å². The molecule has 0 atom stereocenters. The zero-order valence-electron chi connectivity index (χ0n) is 14.0. The molecular formula is C15H20N3O6S. The minimum atomic E-state index is -3.91. The number of nitrogens with zero attached hydrogens (tertiary/aromatic N) is 3. The van der Waals surface area contributed by atoms with Crippen molar-refractivity contribution in [1.82, 2.24) is 14.3 Å². The standard InChI is InChI=1S/C15H20N3O6S/c1-12-3-5-13(6-4-12)25(22,23)16(2)11-14(19)18(15(20)21)17-7-9-24-10-8-17/h3-6H,7-11H2,1-2H3. The third-order valence-corrected chi connectivity index (χ3v) is 5.58. The molecule has 1 aliphatic rings. The molecule has 1 fully saturated rings. The molecule has 2 rings (SSSR count). The fourth-order valence-corrected chi connectivity index (χ4v) is 3.48. The first-order chi connectivity index (χ1) is 11.7. The van der Waals surface area contributed by atoms with Crippen molar-refractivity contribution >= 4 is 22.0 Å². The number of morpholine rings is 1. The second-order valence-electron chi connectivity index (χ2n) is 5.61. The van der Waals surface area contributed by atoms with E-state index >= 15 is 0 Å². The van der Waals surface area contributed by atoms with Crippen LogP contribution in [0.5, 0.6) is 0 Å². The highest BCUT2D eigenvalue weighted by atomic mass is 32.2. The van der Waals surface area contributed by atoms with Gasteiger partial charge in [-0.15, -0.1) is 0 Å². The van der Waals surface area contributed by atoms with E-state index in [1.807, 2.05) is 6.92 Å². The molecule has 25 heavy (non-hydrogen) atoms. The minimum absolute atomic E-state index is 0.0276. The summed E-state index contributed by atoms with van der Waals surface area (Å²) < 4.78 is 30.9. The predicted molar refractivity (Wildman–Crippen MR) is 86.3 cm³/mol. The van der Waals surface area contributed by atoms with E-state index in [2.05, 4.69) is 0 Å². The number of likely N-dealkylation sites (N-methyl/N-ethyl adjacent to an activating group) is 1. The van der Waals surface area contributed by atoms with Crippen LogP contribution in [0.1, 0.15) is 5.56 Å². The van der Waals surface area contributed by atoms with E-state index in [0.29, 0.717) is 5.01 Å². The van der Waals surface area contributed by atoms with Crippen LogP contribution >= 0.6 is 0 Å². The van der Waals surface area contributed by atoms with Gasteiger partial charge in [-0.2, -0.15) is 9.31 Å². The molecule has 9 nitrogen and oxygen atoms in total. The van der Waals surface area contributed by atoms with Gasteiger partial charge in [0.05, 0.1) is 24.7 Å². The Balaban J connectivity index is 2.13. The molecule has 1 aromatic rings. The average Bonchev–Trinajstić information content (AvgIpc) is 2.56. The summed E-state index contributed by atoms with van der Waals surface area (Å²) in [4.78, 5) is 23.7. The van der Waals surface area contributed by atoms with Gasteiger partial charge in [-0.1, -0.05) is 17.7 Å². The number of ether oxygens (including phenoxy) is 1. The zero-order valence-corrected chi connectivity index (χ0v) is 14.9. The van der Waals surface area contributed by atoms with E-state index in [4.69, 9.17) is 4.74 Å². The number of carbonyl (C=O) groups is 2. The Kier molecular flexibility index (Phi) is 6.11. The van der Waals surface area contributed by atoms with Gasteiger partial charge in [0.15, 0.2) is 0 Å². The molecule has 1 aliphatic heterocycles. The second kappa shape index (κ2) is 7.91. The van der Waals surface area contributed by atoms with Gasteiger partial charge in [-0.25, -0.2) is 23.3 Å². The van der Waals surface area contributed by atoms with Gasteiger partial charge in [-0.05, 0) is 19.1 Å². The zero-order chi connectivity index (χ0) is 18.6. The lowest BCUT2D eigenvalue weighted by atomic mass is 10.2. The number of hydrogen-bond acceptors (Lipinski definition) is 6. The van der Waals surface area contributed by atoms with Crippen LogP contribution in [0.25, 0.3) is 0 Å². The molecule has 2 amide bonds. The molecule has 137 valence electrons. The summed E-state index contributed by atoms with van der Waals surface area (Å²) in [6.07, 6.45) is -1.70. The molecule has 0 spiro atoms. The Morgan fingerprint density at radius 1 is 1.16 bits per heavy atom. The van der Waals surface area contributed by atoms with Crippen molar-refractivity contribution in [2.24, 2.45) is 0 Å². The average molecular weight is 370 g/mol. The highest BCUT2D eigenvalue weighted by Crippen LogP contribution is 2.15. The molecular weight excluding hydrogens is 350 g/mol. The van der Waals surface area contributed by atoms with Gasteiger partial charge in [-0.3, -0.25) is 4.79 Å². The Morgan fingerprint density at radius 2 is 1.72 bits per heavy atom. The van der Waals surface area contributed by atoms with Crippen molar-refractivity contribution in [2.45, 2.75) is 11.8 Å². The number of hydrazine groups is 1. The van der Waals surface area contributed by atoms with Crippen LogP contribution in [0.15, 0.2) is 29.2 Å². The first kappa shape index (κ1) is 19.3. The lowest BCUT2D eigenvalue weighted by molar-refractivity contribution is -0.151. The van der Waals surface area contributed by atoms with E-state index < -0.39 is 28.6 Å². The molecule has 1 saturated heterocycles. The Morgan fingerprint density at radius 3 is 2.24 bits per heavy atom. The summed E-state index contributed by atoms with van der Waals surface area (Å²) in [6.45, 7) is 2.15. The third-order valence-electron chi connectivity index (χ3n) is 3.77. The molecule has 0 N–H and O–H groups in total. The van der Waals surface area contributed by atoms with E-state index in [0.717, 1.165) is 9.87 Å². The first-order valence-corrected chi connectivity index (χ1v) is 9.07. The van der Waals surface area contributed by atoms with Gasteiger partial charge in [0.2, 0.25) is 10.0 Å². The van der Waals surface area contributed by atoms with Crippen LogP contribution in [0.2, 0.25) is 0 Å². The Bertz CT molecular complexity index is 728. The molecule has 0 saturated carbocycles. The summed E-state index contributed by atoms with van der Waals surface area (Å²) >= 11 is 0. The Hall–Kier alpha value is -2.01. The number of rotatable bonds is 5. The number of sulfonamides is 1. The highest BCUT2D eigenvalue weighted by Gasteiger charge is 2.33. The van der Waals surface area contributed by atoms with Gasteiger partial charge in [0.25, 0.3) is 5.91 Å². The fourth-order valence-electron chi connectivity index (χ4n) is 2.36. The molecule has 1 radical (unpaired) electrons. The van der Waals surface area contributed by atoms with Crippen LogP contribution in [0.3, 0.4) is 0 Å². The van der Waals surface area contributed by atoms with Crippen LogP contribution in [-0.2, 0) is 24.7 Å². The topological polar surface area (TPSA) is 107 Å². The smallest absolute Gasteiger partial charge is 0.379 e. The minimum Gasteiger partial charge on any atom is -0.379 e. The number of imide groups is 1. The maximum Gasteiger partial charge on any atom is 0.474 e. The summed E-state index contributed by atoms with van der Waals surface area (Å²) in [7, 11) is -2.69. The molecule has 0 unspecified atom stereocenters. The van der Waals surface area contributed by atoms with E-state index in [-0.39, 0.29) is 31.2 Å². The van der Waals surface area contributed by atoms with Gasteiger partial charge < -0.3 is 4.74 Å². The van der Waals surface area contributed by atoms with Crippen molar-refractivity contribution in [1.29, 1.82) is 0 Å². The monoisotopic (exact) mass is 370 g/mol. The quantitative estimate of drug-likeness (QED) is 0.735. The summed E-state index contributed by atoms with van der Waals surface area (Å²) in [5, 5.41) is 13.0. The predicted octanol–water partition coefficient (Wildman–Crippen LogP) is 0.242. The van der Waals surface area contributed by atoms with Crippen LogP contribution in [0, 0.1) is 6.92 Å². The normalized spacial score (nSPS) is 16.0. The summed E-state index contributed by atoms with van der Waals surface area (Å²) in [6, 6.07) is 6.15. The fraction of sp³-hybridized carbons (Fsp3) is 0.467. The lowest BCUT2D eigenvalue weighted by Crippen LogP contribution is -2.55. The molecule has 0 aromatic heterocycles. The van der Waals surface area contributed by atoms with Crippen LogP contribution in [-0.4, -0.2) is 74.6 Å². The number of benzene rings is 1. The second-order valence-corrected chi connectivity index (χ2v) is 7.66. The lowest BCUT2D eigenvalue weighted by Gasteiger charge is -2.33. The molecule has 1 aromatic carbocycles. The number of amides is 2. The van der Waals surface area contributed by atoms with Crippen molar-refractivity contribution in [3.05, 3.63) is 29.8 Å². The highest BCUT2D eigenvalue weighted by molar-refractivity contribution is 7.89. The van der Waals surface area contributed by atoms with E-state index in [1.54, 1.807) is 12.1 Å². The summed E-state index contributed by atoms with van der Waals surface area (Å²) in [5.74, 6) is -0.903. The van der Waals surface area contributed by atoms with E-state index in [1.165, 1.54) is 24.2 Å². The largest absolute Gasteiger partial charge is 0.474 e. The van der Waals surface area contributed by atoms with Crippen LogP contribution in [0.4, 0.5) is 4.79 Å². The summed E-state index contributed by atoms with van der Waals surface area (Å²) in [5.41, 5.74) is 0.896. The van der Waals surface area contributed by atoms with Crippen molar-refractivity contribution in [2.75, 3.05) is 39.9 Å². The molecule has 10 heteroatoms. The number of aryl methyl sites for hydroxylation is 1. The molecule has 0 bridgehead atoms. The van der Waals surface area contributed by atoms with Crippen molar-refractivity contribution < 1.29 is 27.9 Å². The maximum absolute atomic E-state index is 12.5. The van der Waals surface area contributed by atoms with Crippen LogP contribution < -0.4 is 0 Å². The first-order valence-electron chi connectivity index (χ1n) is 7.63. The molecule has 1 heterocycles. The van der Waals surface area contributed by atoms with Crippen molar-refractivity contribution in [3.63, 3.8) is 0 Å². The SMILES string of the molecule is Cc1ccc(S(=O)(=O)N(C)CC(=O)N(C([O])=O)N2CCOCC2)cc1. The number of carbonyl (C=O) groups excluding carboxylic acids is 2. The maximum atomic E-state index is 12.5. The number of hydrogen-bond donors (Lipinski definition) is 0. The Labute approximate surface area is 146 Å². The van der Waals surface area contributed by atoms with E-state index in [9.17, 15) is 23.1 Å². The van der Waals surface area contributed by atoms with Gasteiger partial charge in [0.1, 0.15) is 0 Å². The molecule has 0 aliphatic carbocycles. The third kappa shape index (κ3) is 4.54. The van der Waals surface area contributed by atoms with Gasteiger partial charge >= 0.3 is 6.09 Å². The van der Waals surface area contributed by atoms with Gasteiger partial charge in [0, 0.05) is 20.1 Å².